The van der Waals surface area contributed by atoms with Crippen LogP contribution in [-0.2, 0) is 4.79 Å². The number of hydrogen-bond donors (Lipinski definition) is 1. The number of piperidine rings is 1. The van der Waals surface area contributed by atoms with Crippen molar-refractivity contribution in [2.45, 2.75) is 18.9 Å². The standard InChI is InChI=1S/C22H22N2O4/c25-21(9-6-16-4-2-1-3-5-16)23-18-10-12-24(13-11-18)22(26)17-7-8-19-20(14-17)28-15-27-19/h1-9,14,18H,10-13,15H2,(H,23,25)/b9-6+. The molecule has 0 atom stereocenters. The molecular formula is C22H22N2O4. The van der Waals surface area contributed by atoms with E-state index in [-0.39, 0.29) is 24.6 Å². The van der Waals surface area contributed by atoms with Crippen molar-refractivity contribution in [3.8, 4) is 11.5 Å². The Hall–Kier alpha value is -3.28. The Labute approximate surface area is 163 Å². The molecular weight excluding hydrogens is 356 g/mol. The van der Waals surface area contributed by atoms with Crippen molar-refractivity contribution in [1.29, 1.82) is 0 Å². The van der Waals surface area contributed by atoms with Gasteiger partial charge in [0, 0.05) is 30.8 Å². The summed E-state index contributed by atoms with van der Waals surface area (Å²) in [6.07, 6.45) is 4.83. The first-order valence-electron chi connectivity index (χ1n) is 9.41. The van der Waals surface area contributed by atoms with Gasteiger partial charge in [-0.15, -0.1) is 0 Å². The minimum atomic E-state index is -0.107. The molecule has 2 aliphatic heterocycles. The van der Waals surface area contributed by atoms with Gasteiger partial charge in [-0.2, -0.15) is 0 Å². The summed E-state index contributed by atoms with van der Waals surface area (Å²) in [6.45, 7) is 1.41. The molecule has 1 fully saturated rings. The molecule has 2 aromatic carbocycles. The molecule has 0 unspecified atom stereocenters. The zero-order chi connectivity index (χ0) is 19.3. The number of fused-ring (bicyclic) bond motifs is 1. The van der Waals surface area contributed by atoms with Crippen LogP contribution in [0.3, 0.4) is 0 Å². The highest BCUT2D eigenvalue weighted by atomic mass is 16.7. The highest BCUT2D eigenvalue weighted by molar-refractivity contribution is 5.95. The summed E-state index contributed by atoms with van der Waals surface area (Å²) in [4.78, 5) is 26.7. The van der Waals surface area contributed by atoms with Gasteiger partial charge >= 0.3 is 0 Å². The van der Waals surface area contributed by atoms with E-state index in [1.807, 2.05) is 35.2 Å². The Morgan fingerprint density at radius 2 is 1.75 bits per heavy atom. The molecule has 6 nitrogen and oxygen atoms in total. The van der Waals surface area contributed by atoms with E-state index in [1.165, 1.54) is 0 Å². The maximum atomic E-state index is 12.7. The van der Waals surface area contributed by atoms with E-state index in [0.29, 0.717) is 30.2 Å². The van der Waals surface area contributed by atoms with Crippen molar-refractivity contribution < 1.29 is 19.1 Å². The summed E-state index contributed by atoms with van der Waals surface area (Å²) >= 11 is 0. The minimum absolute atomic E-state index is 0.0213. The van der Waals surface area contributed by atoms with Gasteiger partial charge in [-0.05, 0) is 42.7 Å². The third-order valence-electron chi connectivity index (χ3n) is 4.97. The average molecular weight is 378 g/mol. The van der Waals surface area contributed by atoms with Gasteiger partial charge < -0.3 is 19.7 Å². The van der Waals surface area contributed by atoms with Crippen molar-refractivity contribution in [1.82, 2.24) is 10.2 Å². The van der Waals surface area contributed by atoms with Crippen molar-refractivity contribution >= 4 is 17.9 Å². The zero-order valence-corrected chi connectivity index (χ0v) is 15.5. The highest BCUT2D eigenvalue weighted by Crippen LogP contribution is 2.33. The number of nitrogens with zero attached hydrogens (tertiary/aromatic N) is 1. The molecule has 6 heteroatoms. The van der Waals surface area contributed by atoms with Crippen LogP contribution in [0.2, 0.25) is 0 Å². The first-order valence-corrected chi connectivity index (χ1v) is 9.41. The SMILES string of the molecule is O=C(/C=C/c1ccccc1)NC1CCN(C(=O)c2ccc3c(c2)OCO3)CC1. The molecule has 0 aliphatic carbocycles. The van der Waals surface area contributed by atoms with Gasteiger partial charge in [0.25, 0.3) is 5.91 Å². The molecule has 28 heavy (non-hydrogen) atoms. The summed E-state index contributed by atoms with van der Waals surface area (Å²) in [5.74, 6) is 1.15. The molecule has 2 aromatic rings. The Morgan fingerprint density at radius 3 is 2.54 bits per heavy atom. The second-order valence-corrected chi connectivity index (χ2v) is 6.89. The maximum absolute atomic E-state index is 12.7. The molecule has 0 bridgehead atoms. The highest BCUT2D eigenvalue weighted by Gasteiger charge is 2.25. The van der Waals surface area contributed by atoms with E-state index in [0.717, 1.165) is 18.4 Å². The quantitative estimate of drug-likeness (QED) is 0.831. The van der Waals surface area contributed by atoms with Crippen LogP contribution in [-0.4, -0.2) is 42.6 Å². The van der Waals surface area contributed by atoms with Crippen LogP contribution in [0.1, 0.15) is 28.8 Å². The molecule has 4 rings (SSSR count). The number of ether oxygens (including phenoxy) is 2. The summed E-state index contributed by atoms with van der Waals surface area (Å²) < 4.78 is 10.6. The van der Waals surface area contributed by atoms with Crippen LogP contribution in [0.25, 0.3) is 6.08 Å². The minimum Gasteiger partial charge on any atom is -0.454 e. The van der Waals surface area contributed by atoms with E-state index in [4.69, 9.17) is 9.47 Å². The first kappa shape index (κ1) is 18.1. The molecule has 144 valence electrons. The monoisotopic (exact) mass is 378 g/mol. The largest absolute Gasteiger partial charge is 0.454 e. The number of amides is 2. The van der Waals surface area contributed by atoms with Crippen LogP contribution in [0.15, 0.2) is 54.6 Å². The molecule has 1 N–H and O–H groups in total. The molecule has 0 aromatic heterocycles. The van der Waals surface area contributed by atoms with Crippen LogP contribution in [0.4, 0.5) is 0 Å². The third kappa shape index (κ3) is 4.17. The van der Waals surface area contributed by atoms with E-state index < -0.39 is 0 Å². The van der Waals surface area contributed by atoms with E-state index in [9.17, 15) is 9.59 Å². The van der Waals surface area contributed by atoms with Crippen LogP contribution < -0.4 is 14.8 Å². The lowest BCUT2D eigenvalue weighted by atomic mass is 10.0. The summed E-state index contributed by atoms with van der Waals surface area (Å²) in [6, 6.07) is 15.0. The Bertz CT molecular complexity index is 887. The molecule has 2 amide bonds. The molecule has 2 aliphatic rings. The predicted molar refractivity (Wildman–Crippen MR) is 105 cm³/mol. The second-order valence-electron chi connectivity index (χ2n) is 6.89. The lowest BCUT2D eigenvalue weighted by Crippen LogP contribution is -2.46. The third-order valence-corrected chi connectivity index (χ3v) is 4.97. The number of nitrogens with one attached hydrogen (secondary N) is 1. The summed E-state index contributed by atoms with van der Waals surface area (Å²) in [7, 11) is 0. The van der Waals surface area contributed by atoms with Crippen LogP contribution in [0, 0.1) is 0 Å². The van der Waals surface area contributed by atoms with Crippen LogP contribution >= 0.6 is 0 Å². The first-order chi connectivity index (χ1) is 13.7. The second kappa shape index (κ2) is 8.17. The van der Waals surface area contributed by atoms with Crippen LogP contribution in [0.5, 0.6) is 11.5 Å². The van der Waals surface area contributed by atoms with E-state index in [2.05, 4.69) is 5.32 Å². The Balaban J connectivity index is 1.28. The normalized spacial score (nSPS) is 16.4. The maximum Gasteiger partial charge on any atom is 0.253 e. The average Bonchev–Trinajstić information content (AvgIpc) is 3.21. The molecule has 2 heterocycles. The predicted octanol–water partition coefficient (Wildman–Crippen LogP) is 2.85. The van der Waals surface area contributed by atoms with Gasteiger partial charge in [-0.1, -0.05) is 30.3 Å². The van der Waals surface area contributed by atoms with Crippen molar-refractivity contribution in [2.24, 2.45) is 0 Å². The van der Waals surface area contributed by atoms with Gasteiger partial charge in [0.1, 0.15) is 0 Å². The topological polar surface area (TPSA) is 67.9 Å². The van der Waals surface area contributed by atoms with Crippen molar-refractivity contribution in [3.05, 3.63) is 65.7 Å². The molecule has 0 spiro atoms. The number of hydrogen-bond acceptors (Lipinski definition) is 4. The van der Waals surface area contributed by atoms with Gasteiger partial charge in [0.05, 0.1) is 0 Å². The number of carbonyl (C=O) groups is 2. The smallest absolute Gasteiger partial charge is 0.253 e. The number of carbonyl (C=O) groups excluding carboxylic acids is 2. The van der Waals surface area contributed by atoms with Gasteiger partial charge in [-0.3, -0.25) is 9.59 Å². The number of benzene rings is 2. The van der Waals surface area contributed by atoms with Gasteiger partial charge in [0.15, 0.2) is 11.5 Å². The Kier molecular flexibility index (Phi) is 5.28. The fourth-order valence-electron chi connectivity index (χ4n) is 3.42. The lowest BCUT2D eigenvalue weighted by Gasteiger charge is -2.32. The van der Waals surface area contributed by atoms with Gasteiger partial charge in [-0.25, -0.2) is 0 Å². The van der Waals surface area contributed by atoms with Gasteiger partial charge in [0.2, 0.25) is 12.7 Å². The molecule has 0 saturated carbocycles. The summed E-state index contributed by atoms with van der Waals surface area (Å²) in [5, 5.41) is 3.02. The fourth-order valence-corrected chi connectivity index (χ4v) is 3.42. The van der Waals surface area contributed by atoms with Crippen molar-refractivity contribution in [2.75, 3.05) is 19.9 Å². The number of rotatable bonds is 4. The Morgan fingerprint density at radius 1 is 1.00 bits per heavy atom. The molecule has 0 radical (unpaired) electrons. The zero-order valence-electron chi connectivity index (χ0n) is 15.5. The van der Waals surface area contributed by atoms with E-state index >= 15 is 0 Å². The van der Waals surface area contributed by atoms with E-state index in [1.54, 1.807) is 30.4 Å². The summed E-state index contributed by atoms with van der Waals surface area (Å²) in [5.41, 5.74) is 1.58. The lowest BCUT2D eigenvalue weighted by molar-refractivity contribution is -0.117. The molecule has 1 saturated heterocycles. The number of likely N-dealkylation sites (tertiary alicyclic amines) is 1. The fraction of sp³-hybridized carbons (Fsp3) is 0.273. The van der Waals surface area contributed by atoms with Crippen molar-refractivity contribution in [3.63, 3.8) is 0 Å².